The van der Waals surface area contributed by atoms with Crippen molar-refractivity contribution in [2.75, 3.05) is 7.11 Å². The van der Waals surface area contributed by atoms with Gasteiger partial charge in [-0.2, -0.15) is 0 Å². The van der Waals surface area contributed by atoms with E-state index in [0.717, 1.165) is 0 Å². The highest BCUT2D eigenvalue weighted by Crippen LogP contribution is 2.16. The van der Waals surface area contributed by atoms with Gasteiger partial charge in [-0.15, -0.1) is 0 Å². The molecule has 0 amide bonds. The second-order valence-corrected chi connectivity index (χ2v) is 2.09. The summed E-state index contributed by atoms with van der Waals surface area (Å²) in [5.41, 5.74) is 0.491. The van der Waals surface area contributed by atoms with Gasteiger partial charge in [-0.25, -0.2) is 4.39 Å². The molecule has 1 aromatic rings. The molecule has 0 fully saturated rings. The van der Waals surface area contributed by atoms with Crippen LogP contribution in [0.3, 0.4) is 0 Å². The Morgan fingerprint density at radius 3 is 2.73 bits per heavy atom. The zero-order valence-corrected chi connectivity index (χ0v) is 6.30. The topological polar surface area (TPSA) is 9.23 Å². The van der Waals surface area contributed by atoms with E-state index in [9.17, 15) is 4.39 Å². The Balaban J connectivity index is 3.09. The molecule has 58 valence electrons. The first-order valence-electron chi connectivity index (χ1n) is 3.24. The van der Waals surface area contributed by atoms with Gasteiger partial charge in [-0.3, -0.25) is 0 Å². The first-order chi connectivity index (χ1) is 5.27. The highest BCUT2D eigenvalue weighted by molar-refractivity contribution is 5.49. The zero-order chi connectivity index (χ0) is 8.27. The summed E-state index contributed by atoms with van der Waals surface area (Å²) >= 11 is 0. The minimum atomic E-state index is -0.306. The monoisotopic (exact) mass is 152 g/mol. The van der Waals surface area contributed by atoms with Crippen molar-refractivity contribution in [3.05, 3.63) is 36.2 Å². The fraction of sp³-hybridized carbons (Fsp3) is 0.111. The van der Waals surface area contributed by atoms with Crippen LogP contribution in [0.4, 0.5) is 4.39 Å². The highest BCUT2D eigenvalue weighted by atomic mass is 19.1. The second-order valence-electron chi connectivity index (χ2n) is 2.09. The van der Waals surface area contributed by atoms with Crippen molar-refractivity contribution in [2.24, 2.45) is 0 Å². The third-order valence-electron chi connectivity index (χ3n) is 1.43. The standard InChI is InChI=1S/C9H9FO/c1-3-7-4-5-8(11-2)6-9(7)10/h3-6H,1H2,2H3. The number of ether oxygens (including phenoxy) is 1. The van der Waals surface area contributed by atoms with Gasteiger partial charge in [0.05, 0.1) is 7.11 Å². The van der Waals surface area contributed by atoms with Crippen LogP contribution in [-0.2, 0) is 0 Å². The molecule has 0 aliphatic heterocycles. The van der Waals surface area contributed by atoms with Crippen molar-refractivity contribution in [2.45, 2.75) is 0 Å². The van der Waals surface area contributed by atoms with Crippen LogP contribution < -0.4 is 4.74 Å². The van der Waals surface area contributed by atoms with Gasteiger partial charge in [0.1, 0.15) is 11.6 Å². The van der Waals surface area contributed by atoms with Crippen LogP contribution in [0.2, 0.25) is 0 Å². The van der Waals surface area contributed by atoms with Crippen LogP contribution in [0, 0.1) is 5.82 Å². The maximum atomic E-state index is 12.9. The summed E-state index contributed by atoms with van der Waals surface area (Å²) < 4.78 is 17.7. The second kappa shape index (κ2) is 3.19. The van der Waals surface area contributed by atoms with E-state index < -0.39 is 0 Å². The van der Waals surface area contributed by atoms with Crippen LogP contribution >= 0.6 is 0 Å². The average Bonchev–Trinajstić information content (AvgIpc) is 2.04. The lowest BCUT2D eigenvalue weighted by Crippen LogP contribution is -1.86. The van der Waals surface area contributed by atoms with Crippen LogP contribution in [0.25, 0.3) is 6.08 Å². The number of methoxy groups -OCH3 is 1. The van der Waals surface area contributed by atoms with Crippen LogP contribution in [-0.4, -0.2) is 7.11 Å². The van der Waals surface area contributed by atoms with E-state index in [4.69, 9.17) is 4.74 Å². The smallest absolute Gasteiger partial charge is 0.134 e. The molecule has 0 unspecified atom stereocenters. The van der Waals surface area contributed by atoms with Crippen LogP contribution in [0.5, 0.6) is 5.75 Å². The molecular formula is C9H9FO. The highest BCUT2D eigenvalue weighted by Gasteiger charge is 1.98. The summed E-state index contributed by atoms with van der Waals surface area (Å²) in [5.74, 6) is 0.215. The fourth-order valence-electron chi connectivity index (χ4n) is 0.800. The molecule has 0 saturated carbocycles. The first kappa shape index (κ1) is 7.79. The minimum Gasteiger partial charge on any atom is -0.497 e. The van der Waals surface area contributed by atoms with Crippen molar-refractivity contribution < 1.29 is 9.13 Å². The van der Waals surface area contributed by atoms with Gasteiger partial charge in [0, 0.05) is 11.6 Å². The van der Waals surface area contributed by atoms with E-state index in [-0.39, 0.29) is 5.82 Å². The van der Waals surface area contributed by atoms with Crippen LogP contribution in [0.1, 0.15) is 5.56 Å². The number of halogens is 1. The van der Waals surface area contributed by atoms with E-state index in [1.807, 2.05) is 0 Å². The molecule has 0 saturated heterocycles. The molecule has 0 aromatic heterocycles. The minimum absolute atomic E-state index is 0.306. The van der Waals surface area contributed by atoms with Crippen LogP contribution in [0.15, 0.2) is 24.8 Å². The van der Waals surface area contributed by atoms with E-state index in [1.165, 1.54) is 19.3 Å². The first-order valence-corrected chi connectivity index (χ1v) is 3.24. The van der Waals surface area contributed by atoms with Crippen molar-refractivity contribution in [3.8, 4) is 5.75 Å². The molecular weight excluding hydrogens is 143 g/mol. The fourth-order valence-corrected chi connectivity index (χ4v) is 0.800. The molecule has 0 aliphatic rings. The summed E-state index contributed by atoms with van der Waals surface area (Å²) in [7, 11) is 1.50. The Labute approximate surface area is 65.1 Å². The van der Waals surface area contributed by atoms with E-state index in [2.05, 4.69) is 6.58 Å². The van der Waals surface area contributed by atoms with Gasteiger partial charge in [0.25, 0.3) is 0 Å². The maximum absolute atomic E-state index is 12.9. The molecule has 11 heavy (non-hydrogen) atoms. The van der Waals surface area contributed by atoms with E-state index >= 15 is 0 Å². The van der Waals surface area contributed by atoms with Crippen molar-refractivity contribution >= 4 is 6.08 Å². The molecule has 0 aliphatic carbocycles. The summed E-state index contributed by atoms with van der Waals surface area (Å²) in [6, 6.07) is 4.65. The molecule has 0 N–H and O–H groups in total. The molecule has 0 radical (unpaired) electrons. The molecule has 1 aromatic carbocycles. The largest absolute Gasteiger partial charge is 0.497 e. The SMILES string of the molecule is C=Cc1ccc(OC)cc1F. The number of benzene rings is 1. The lowest BCUT2D eigenvalue weighted by molar-refractivity contribution is 0.411. The quantitative estimate of drug-likeness (QED) is 0.632. The summed E-state index contributed by atoms with van der Waals surface area (Å²) in [6.07, 6.45) is 1.47. The number of rotatable bonds is 2. The van der Waals surface area contributed by atoms with E-state index in [0.29, 0.717) is 11.3 Å². The van der Waals surface area contributed by atoms with Gasteiger partial charge >= 0.3 is 0 Å². The summed E-state index contributed by atoms with van der Waals surface area (Å²) in [5, 5.41) is 0. The lowest BCUT2D eigenvalue weighted by atomic mass is 10.2. The molecule has 1 nitrogen and oxygen atoms in total. The van der Waals surface area contributed by atoms with Crippen molar-refractivity contribution in [3.63, 3.8) is 0 Å². The Morgan fingerprint density at radius 1 is 1.55 bits per heavy atom. The van der Waals surface area contributed by atoms with Gasteiger partial charge < -0.3 is 4.74 Å². The summed E-state index contributed by atoms with van der Waals surface area (Å²) in [6.45, 7) is 3.47. The van der Waals surface area contributed by atoms with Gasteiger partial charge in [-0.1, -0.05) is 12.7 Å². The van der Waals surface area contributed by atoms with Crippen molar-refractivity contribution in [1.82, 2.24) is 0 Å². The zero-order valence-electron chi connectivity index (χ0n) is 6.30. The molecule has 2 heteroatoms. The molecule has 0 spiro atoms. The summed E-state index contributed by atoms with van der Waals surface area (Å²) in [4.78, 5) is 0. The van der Waals surface area contributed by atoms with E-state index in [1.54, 1.807) is 12.1 Å². The Morgan fingerprint density at radius 2 is 2.27 bits per heavy atom. The Hall–Kier alpha value is -1.31. The predicted molar refractivity (Wildman–Crippen MR) is 43.0 cm³/mol. The third-order valence-corrected chi connectivity index (χ3v) is 1.43. The number of hydrogen-bond acceptors (Lipinski definition) is 1. The molecule has 0 heterocycles. The number of hydrogen-bond donors (Lipinski definition) is 0. The van der Waals surface area contributed by atoms with Crippen molar-refractivity contribution in [1.29, 1.82) is 0 Å². The van der Waals surface area contributed by atoms with Gasteiger partial charge in [0.15, 0.2) is 0 Å². The van der Waals surface area contributed by atoms with Gasteiger partial charge in [0.2, 0.25) is 0 Å². The molecule has 1 rings (SSSR count). The lowest BCUT2D eigenvalue weighted by Gasteiger charge is -2.00. The maximum Gasteiger partial charge on any atom is 0.134 e. The third kappa shape index (κ3) is 1.58. The predicted octanol–water partition coefficient (Wildman–Crippen LogP) is 2.48. The molecule has 0 atom stereocenters. The Kier molecular flexibility index (Phi) is 2.26. The average molecular weight is 152 g/mol. The van der Waals surface area contributed by atoms with Gasteiger partial charge in [-0.05, 0) is 12.1 Å². The normalized spacial score (nSPS) is 9.27. The Bertz CT molecular complexity index is 268. The molecule has 0 bridgehead atoms.